The monoisotopic (exact) mass is 430 g/mol. The Hall–Kier alpha value is -2.12. The highest BCUT2D eigenvalue weighted by Gasteiger charge is 2.31. The largest absolute Gasteiger partial charge is 0.465 e. The van der Waals surface area contributed by atoms with Gasteiger partial charge in [0.1, 0.15) is 6.04 Å². The van der Waals surface area contributed by atoms with Crippen molar-refractivity contribution in [1.29, 1.82) is 0 Å². The van der Waals surface area contributed by atoms with Crippen molar-refractivity contribution < 1.29 is 14.7 Å². The van der Waals surface area contributed by atoms with E-state index in [1.165, 1.54) is 24.0 Å². The zero-order chi connectivity index (χ0) is 22.4. The van der Waals surface area contributed by atoms with Crippen LogP contribution in [0, 0.1) is 0 Å². The highest BCUT2D eigenvalue weighted by Crippen LogP contribution is 2.19. The van der Waals surface area contributed by atoms with Crippen LogP contribution in [-0.4, -0.2) is 90.2 Å². The molecule has 2 N–H and O–H groups in total. The van der Waals surface area contributed by atoms with E-state index in [9.17, 15) is 14.7 Å². The van der Waals surface area contributed by atoms with Crippen molar-refractivity contribution in [2.24, 2.45) is 0 Å². The summed E-state index contributed by atoms with van der Waals surface area (Å²) in [4.78, 5) is 31.3. The molecule has 0 spiro atoms. The number of hydrogen-bond acceptors (Lipinski definition) is 4. The molecular weight excluding hydrogens is 392 g/mol. The van der Waals surface area contributed by atoms with E-state index in [2.05, 4.69) is 48.1 Å². The smallest absolute Gasteiger partial charge is 0.405 e. The van der Waals surface area contributed by atoms with Crippen molar-refractivity contribution in [1.82, 2.24) is 20.0 Å². The predicted octanol–water partition coefficient (Wildman–Crippen LogP) is 2.23. The molecule has 31 heavy (non-hydrogen) atoms. The SMILES string of the molecule is CCc1ccc(C[C@@H](NC(=O)O)C(=O)N2CCN(C3CCN(C)CC3)CC2)cc1CC. The van der Waals surface area contributed by atoms with Crippen LogP contribution in [0.25, 0.3) is 0 Å². The van der Waals surface area contributed by atoms with Crippen LogP contribution in [-0.2, 0) is 24.1 Å². The number of nitrogens with zero attached hydrogens (tertiary/aromatic N) is 3. The lowest BCUT2D eigenvalue weighted by Crippen LogP contribution is -2.57. The predicted molar refractivity (Wildman–Crippen MR) is 123 cm³/mol. The second kappa shape index (κ2) is 11.0. The number of carboxylic acid groups (broad SMARTS) is 1. The van der Waals surface area contributed by atoms with Crippen molar-refractivity contribution in [3.05, 3.63) is 34.9 Å². The molecule has 172 valence electrons. The Bertz CT molecular complexity index is 753. The fraction of sp³-hybridized carbons (Fsp3) is 0.667. The molecule has 0 unspecified atom stereocenters. The standard InChI is InChI=1S/C24H38N4O3/c1-4-19-7-6-18(16-20(19)5-2)17-22(25-24(30)31)23(29)28-14-12-27(13-15-28)21-8-10-26(3)11-9-21/h6-7,16,21-22,25H,4-5,8-15,17H2,1-3H3,(H,30,31)/t22-/m1/s1. The average molecular weight is 431 g/mol. The summed E-state index contributed by atoms with van der Waals surface area (Å²) in [6.07, 6.45) is 3.51. The van der Waals surface area contributed by atoms with Crippen molar-refractivity contribution in [3.8, 4) is 0 Å². The Kier molecular flexibility index (Phi) is 8.32. The van der Waals surface area contributed by atoms with Gasteiger partial charge >= 0.3 is 6.09 Å². The molecule has 7 nitrogen and oxygen atoms in total. The first-order valence-electron chi connectivity index (χ1n) is 11.7. The van der Waals surface area contributed by atoms with E-state index >= 15 is 0 Å². The minimum Gasteiger partial charge on any atom is -0.465 e. The maximum absolute atomic E-state index is 13.2. The van der Waals surface area contributed by atoms with Gasteiger partial charge in [-0.3, -0.25) is 9.69 Å². The lowest BCUT2D eigenvalue weighted by molar-refractivity contribution is -0.135. The number of piperazine rings is 1. The molecule has 2 heterocycles. The molecule has 1 aromatic rings. The summed E-state index contributed by atoms with van der Waals surface area (Å²) in [6, 6.07) is 6.12. The molecule has 2 saturated heterocycles. The van der Waals surface area contributed by atoms with Crippen LogP contribution in [0.2, 0.25) is 0 Å². The Labute approximate surface area is 186 Å². The van der Waals surface area contributed by atoms with Gasteiger partial charge in [0.2, 0.25) is 5.91 Å². The van der Waals surface area contributed by atoms with Gasteiger partial charge in [-0.05, 0) is 62.5 Å². The molecule has 0 radical (unpaired) electrons. The average Bonchev–Trinajstić information content (AvgIpc) is 2.78. The Morgan fingerprint density at radius 1 is 1.03 bits per heavy atom. The number of piperidine rings is 1. The second-order valence-corrected chi connectivity index (χ2v) is 8.91. The second-order valence-electron chi connectivity index (χ2n) is 8.91. The van der Waals surface area contributed by atoms with Crippen LogP contribution in [0.15, 0.2) is 18.2 Å². The molecule has 1 aromatic carbocycles. The third-order valence-corrected chi connectivity index (χ3v) is 6.90. The van der Waals surface area contributed by atoms with Crippen molar-refractivity contribution in [2.75, 3.05) is 46.3 Å². The molecule has 0 aliphatic carbocycles. The van der Waals surface area contributed by atoms with E-state index < -0.39 is 12.1 Å². The van der Waals surface area contributed by atoms with E-state index in [0.29, 0.717) is 25.6 Å². The number of hydrogen-bond donors (Lipinski definition) is 2. The molecule has 1 atom stereocenters. The minimum absolute atomic E-state index is 0.108. The third kappa shape index (κ3) is 6.20. The quantitative estimate of drug-likeness (QED) is 0.694. The number of carbonyl (C=O) groups excluding carboxylic acids is 1. The highest BCUT2D eigenvalue weighted by atomic mass is 16.4. The number of likely N-dealkylation sites (tertiary alicyclic amines) is 1. The van der Waals surface area contributed by atoms with Gasteiger partial charge in [0.05, 0.1) is 0 Å². The summed E-state index contributed by atoms with van der Waals surface area (Å²) in [7, 11) is 2.17. The van der Waals surface area contributed by atoms with Crippen molar-refractivity contribution in [2.45, 2.75) is 58.0 Å². The van der Waals surface area contributed by atoms with Crippen LogP contribution in [0.1, 0.15) is 43.4 Å². The summed E-state index contributed by atoms with van der Waals surface area (Å²) in [5, 5.41) is 11.8. The van der Waals surface area contributed by atoms with Crippen LogP contribution < -0.4 is 5.32 Å². The molecular formula is C24H38N4O3. The first kappa shape index (κ1) is 23.5. The fourth-order valence-electron chi connectivity index (χ4n) is 4.95. The molecule has 7 heteroatoms. The summed E-state index contributed by atoms with van der Waals surface area (Å²) in [6.45, 7) is 9.58. The van der Waals surface area contributed by atoms with Crippen LogP contribution >= 0.6 is 0 Å². The summed E-state index contributed by atoms with van der Waals surface area (Å²) < 4.78 is 0. The molecule has 3 rings (SSSR count). The van der Waals surface area contributed by atoms with Gasteiger partial charge in [0.25, 0.3) is 0 Å². The number of rotatable bonds is 7. The van der Waals surface area contributed by atoms with Gasteiger partial charge in [-0.25, -0.2) is 4.79 Å². The summed E-state index contributed by atoms with van der Waals surface area (Å²) >= 11 is 0. The zero-order valence-corrected chi connectivity index (χ0v) is 19.3. The van der Waals surface area contributed by atoms with Gasteiger partial charge in [-0.2, -0.15) is 0 Å². The first-order valence-corrected chi connectivity index (χ1v) is 11.7. The highest BCUT2D eigenvalue weighted by molar-refractivity contribution is 5.85. The van der Waals surface area contributed by atoms with Gasteiger partial charge in [0, 0.05) is 38.6 Å². The number of carbonyl (C=O) groups is 2. The molecule has 0 bridgehead atoms. The van der Waals surface area contributed by atoms with Crippen LogP contribution in [0.3, 0.4) is 0 Å². The van der Waals surface area contributed by atoms with Gasteiger partial charge in [-0.15, -0.1) is 0 Å². The molecule has 0 aromatic heterocycles. The Balaban J connectivity index is 1.62. The van der Waals surface area contributed by atoms with E-state index in [1.54, 1.807) is 0 Å². The van der Waals surface area contributed by atoms with Gasteiger partial charge in [0.15, 0.2) is 0 Å². The third-order valence-electron chi connectivity index (χ3n) is 6.90. The van der Waals surface area contributed by atoms with E-state index in [-0.39, 0.29) is 5.91 Å². The number of amides is 2. The maximum atomic E-state index is 13.2. The lowest BCUT2D eigenvalue weighted by Gasteiger charge is -2.42. The normalized spacial score (nSPS) is 19.9. The maximum Gasteiger partial charge on any atom is 0.405 e. The lowest BCUT2D eigenvalue weighted by atomic mass is 9.96. The van der Waals surface area contributed by atoms with Crippen LogP contribution in [0.4, 0.5) is 4.79 Å². The van der Waals surface area contributed by atoms with E-state index in [4.69, 9.17) is 0 Å². The van der Waals surface area contributed by atoms with Crippen molar-refractivity contribution >= 4 is 12.0 Å². The molecule has 2 amide bonds. The first-order chi connectivity index (χ1) is 14.9. The molecule has 2 aliphatic rings. The van der Waals surface area contributed by atoms with Gasteiger partial charge in [-0.1, -0.05) is 32.0 Å². The molecule has 2 aliphatic heterocycles. The number of aryl methyl sites for hydroxylation is 2. The molecule has 2 fully saturated rings. The Morgan fingerprint density at radius 2 is 1.68 bits per heavy atom. The van der Waals surface area contributed by atoms with Crippen LogP contribution in [0.5, 0.6) is 0 Å². The van der Waals surface area contributed by atoms with E-state index in [0.717, 1.165) is 44.6 Å². The van der Waals surface area contributed by atoms with E-state index in [1.807, 2.05) is 11.0 Å². The number of nitrogens with one attached hydrogen (secondary N) is 1. The zero-order valence-electron chi connectivity index (χ0n) is 19.3. The number of benzene rings is 1. The fourth-order valence-corrected chi connectivity index (χ4v) is 4.95. The molecule has 0 saturated carbocycles. The summed E-state index contributed by atoms with van der Waals surface area (Å²) in [5.41, 5.74) is 3.59. The topological polar surface area (TPSA) is 76.1 Å². The van der Waals surface area contributed by atoms with Crippen molar-refractivity contribution in [3.63, 3.8) is 0 Å². The Morgan fingerprint density at radius 3 is 2.26 bits per heavy atom. The summed E-state index contributed by atoms with van der Waals surface area (Å²) in [5.74, 6) is -0.108. The van der Waals surface area contributed by atoms with Gasteiger partial charge < -0.3 is 20.2 Å². The minimum atomic E-state index is -1.15.